The molecule has 3 rings (SSSR count). The molecule has 2 aliphatic rings. The average molecular weight is 458 g/mol. The number of hydrogen-bond donors (Lipinski definition) is 1. The zero-order valence-electron chi connectivity index (χ0n) is 20.3. The van der Waals surface area contributed by atoms with Gasteiger partial charge in [0.25, 0.3) is 0 Å². The van der Waals surface area contributed by atoms with Crippen LogP contribution in [-0.4, -0.2) is 76.6 Å². The molecular weight excluding hydrogens is 418 g/mol. The Kier molecular flexibility index (Phi) is 9.11. The van der Waals surface area contributed by atoms with Crippen LogP contribution in [0.25, 0.3) is 0 Å². The number of piperazine rings is 1. The van der Waals surface area contributed by atoms with Crippen molar-refractivity contribution >= 4 is 17.8 Å². The van der Waals surface area contributed by atoms with E-state index in [1.807, 2.05) is 42.2 Å². The molecule has 2 fully saturated rings. The lowest BCUT2D eigenvalue weighted by Crippen LogP contribution is -2.75. The topological polar surface area (TPSA) is 76.2 Å². The predicted molar refractivity (Wildman–Crippen MR) is 128 cm³/mol. The third-order valence-electron chi connectivity index (χ3n) is 6.53. The lowest BCUT2D eigenvalue weighted by Gasteiger charge is -2.54. The van der Waals surface area contributed by atoms with E-state index in [0.29, 0.717) is 26.1 Å². The Morgan fingerprint density at radius 1 is 1.03 bits per heavy atom. The molecular formula is C25H39N5O3. The van der Waals surface area contributed by atoms with E-state index in [4.69, 9.17) is 0 Å². The highest BCUT2D eigenvalue weighted by Gasteiger charge is 2.50. The van der Waals surface area contributed by atoms with Gasteiger partial charge in [-0.05, 0) is 18.4 Å². The van der Waals surface area contributed by atoms with Crippen LogP contribution >= 0.6 is 0 Å². The molecule has 182 valence electrons. The summed E-state index contributed by atoms with van der Waals surface area (Å²) in [5.41, 5.74) is 1.01. The van der Waals surface area contributed by atoms with E-state index in [2.05, 4.69) is 12.2 Å². The number of benzene rings is 1. The van der Waals surface area contributed by atoms with Gasteiger partial charge in [0.2, 0.25) is 11.8 Å². The van der Waals surface area contributed by atoms with Crippen LogP contribution in [0, 0.1) is 0 Å². The first-order chi connectivity index (χ1) is 16.0. The molecule has 0 bridgehead atoms. The van der Waals surface area contributed by atoms with Gasteiger partial charge in [-0.3, -0.25) is 9.59 Å². The number of nitrogens with one attached hydrogen (secondary N) is 1. The maximum Gasteiger partial charge on any atom is 0.334 e. The number of nitrogens with zero attached hydrogens (tertiary/aromatic N) is 4. The van der Waals surface area contributed by atoms with Crippen molar-refractivity contribution in [2.24, 2.45) is 0 Å². The number of carbonyl (C=O) groups excluding carboxylic acids is 3. The summed E-state index contributed by atoms with van der Waals surface area (Å²) in [7, 11) is 1.76. The van der Waals surface area contributed by atoms with Gasteiger partial charge in [0.1, 0.15) is 12.2 Å². The van der Waals surface area contributed by atoms with E-state index in [1.54, 1.807) is 22.0 Å². The minimum Gasteiger partial charge on any atom is -0.337 e. The number of likely N-dealkylation sites (N-methyl/N-ethyl adjacent to an activating group) is 1. The van der Waals surface area contributed by atoms with Gasteiger partial charge in [-0.15, -0.1) is 0 Å². The van der Waals surface area contributed by atoms with Crippen LogP contribution in [0.15, 0.2) is 30.3 Å². The highest BCUT2D eigenvalue weighted by molar-refractivity contribution is 5.91. The van der Waals surface area contributed by atoms with Gasteiger partial charge in [0.15, 0.2) is 0 Å². The second kappa shape index (κ2) is 12.0. The van der Waals surface area contributed by atoms with E-state index < -0.39 is 12.2 Å². The fraction of sp³-hybridized carbons (Fsp3) is 0.640. The molecule has 0 radical (unpaired) electrons. The van der Waals surface area contributed by atoms with Gasteiger partial charge in [-0.25, -0.2) is 14.8 Å². The molecule has 0 aromatic heterocycles. The fourth-order valence-corrected chi connectivity index (χ4v) is 4.82. The SMILES string of the molecule is CCCCCCCN1C[C@H]2N(C(=O)CN(C)N2C(=O)NCc2ccccc2)[C@@H](CCC)C1=O. The van der Waals surface area contributed by atoms with Gasteiger partial charge in [-0.1, -0.05) is 76.3 Å². The average Bonchev–Trinajstić information content (AvgIpc) is 2.80. The first-order valence-corrected chi connectivity index (χ1v) is 12.4. The molecule has 0 spiro atoms. The van der Waals surface area contributed by atoms with Gasteiger partial charge in [0, 0.05) is 20.1 Å². The van der Waals surface area contributed by atoms with E-state index in [-0.39, 0.29) is 24.4 Å². The maximum atomic E-state index is 13.3. The van der Waals surface area contributed by atoms with Crippen LogP contribution in [0.3, 0.4) is 0 Å². The lowest BCUT2D eigenvalue weighted by atomic mass is 10.0. The van der Waals surface area contributed by atoms with Crippen molar-refractivity contribution in [1.82, 2.24) is 25.1 Å². The second-order valence-corrected chi connectivity index (χ2v) is 9.09. The summed E-state index contributed by atoms with van der Waals surface area (Å²) in [6, 6.07) is 8.99. The molecule has 2 saturated heterocycles. The third kappa shape index (κ3) is 6.05. The molecule has 33 heavy (non-hydrogen) atoms. The van der Waals surface area contributed by atoms with Crippen molar-refractivity contribution in [2.45, 2.75) is 77.5 Å². The minimum atomic E-state index is -0.505. The van der Waals surface area contributed by atoms with Crippen LogP contribution in [0.2, 0.25) is 0 Å². The van der Waals surface area contributed by atoms with E-state index in [1.165, 1.54) is 19.3 Å². The predicted octanol–water partition coefficient (Wildman–Crippen LogP) is 3.19. The summed E-state index contributed by atoms with van der Waals surface area (Å²) in [6.07, 6.45) is 6.51. The molecule has 2 heterocycles. The Balaban J connectivity index is 1.76. The summed E-state index contributed by atoms with van der Waals surface area (Å²) >= 11 is 0. The monoisotopic (exact) mass is 457 g/mol. The van der Waals surface area contributed by atoms with Crippen molar-refractivity contribution in [3.63, 3.8) is 0 Å². The summed E-state index contributed by atoms with van der Waals surface area (Å²) in [6.45, 7) is 5.72. The van der Waals surface area contributed by atoms with Crippen molar-refractivity contribution in [2.75, 3.05) is 26.7 Å². The van der Waals surface area contributed by atoms with Crippen molar-refractivity contribution in [1.29, 1.82) is 0 Å². The van der Waals surface area contributed by atoms with Crippen LogP contribution in [0.1, 0.15) is 64.4 Å². The Labute approximate surface area is 197 Å². The number of fused-ring (bicyclic) bond motifs is 1. The molecule has 0 saturated carbocycles. The third-order valence-corrected chi connectivity index (χ3v) is 6.53. The number of amides is 4. The molecule has 1 aromatic carbocycles. The zero-order chi connectivity index (χ0) is 23.8. The zero-order valence-corrected chi connectivity index (χ0v) is 20.3. The second-order valence-electron chi connectivity index (χ2n) is 9.09. The Morgan fingerprint density at radius 3 is 2.45 bits per heavy atom. The van der Waals surface area contributed by atoms with Crippen LogP contribution < -0.4 is 5.32 Å². The number of hydrazine groups is 1. The smallest absolute Gasteiger partial charge is 0.334 e. The first-order valence-electron chi connectivity index (χ1n) is 12.4. The van der Waals surface area contributed by atoms with Crippen LogP contribution in [0.5, 0.6) is 0 Å². The number of rotatable bonds is 10. The number of hydrogen-bond acceptors (Lipinski definition) is 4. The molecule has 4 amide bonds. The number of carbonyl (C=O) groups is 3. The normalized spacial score (nSPS) is 21.4. The van der Waals surface area contributed by atoms with Gasteiger partial charge >= 0.3 is 6.03 Å². The Morgan fingerprint density at radius 2 is 1.76 bits per heavy atom. The summed E-state index contributed by atoms with van der Waals surface area (Å²) in [5, 5.41) is 6.30. The van der Waals surface area contributed by atoms with Crippen molar-refractivity contribution in [3.8, 4) is 0 Å². The van der Waals surface area contributed by atoms with Crippen LogP contribution in [-0.2, 0) is 16.1 Å². The Bertz CT molecular complexity index is 802. The molecule has 1 N–H and O–H groups in total. The van der Waals surface area contributed by atoms with Crippen molar-refractivity contribution < 1.29 is 14.4 Å². The van der Waals surface area contributed by atoms with Crippen molar-refractivity contribution in [3.05, 3.63) is 35.9 Å². The van der Waals surface area contributed by atoms with E-state index in [0.717, 1.165) is 24.8 Å². The summed E-state index contributed by atoms with van der Waals surface area (Å²) in [4.78, 5) is 43.1. The molecule has 1 aromatic rings. The molecule has 8 heteroatoms. The Hall–Kier alpha value is -2.61. The summed E-state index contributed by atoms with van der Waals surface area (Å²) in [5.74, 6) is -0.0739. The molecule has 0 aliphatic carbocycles. The van der Waals surface area contributed by atoms with Crippen LogP contribution in [0.4, 0.5) is 4.79 Å². The van der Waals surface area contributed by atoms with Gasteiger partial charge < -0.3 is 15.1 Å². The van der Waals surface area contributed by atoms with E-state index in [9.17, 15) is 14.4 Å². The minimum absolute atomic E-state index is 0.0196. The molecule has 8 nitrogen and oxygen atoms in total. The lowest BCUT2D eigenvalue weighted by molar-refractivity contribution is -0.187. The van der Waals surface area contributed by atoms with E-state index >= 15 is 0 Å². The van der Waals surface area contributed by atoms with Gasteiger partial charge in [-0.2, -0.15) is 0 Å². The molecule has 2 atom stereocenters. The summed E-state index contributed by atoms with van der Waals surface area (Å²) < 4.78 is 0. The maximum absolute atomic E-state index is 13.3. The molecule has 0 unspecified atom stereocenters. The largest absolute Gasteiger partial charge is 0.337 e. The standard InChI is InChI=1S/C25H39N5O3/c1-4-6-7-8-12-16-28-18-22-29(21(13-5-2)24(28)32)23(31)19-27(3)30(22)25(33)26-17-20-14-10-9-11-15-20/h9-11,14-15,21-22H,4-8,12-13,16-19H2,1-3H3,(H,26,33)/t21-,22-/m0/s1. The highest BCUT2D eigenvalue weighted by Crippen LogP contribution is 2.28. The van der Waals surface area contributed by atoms with Gasteiger partial charge in [0.05, 0.1) is 13.1 Å². The fourth-order valence-electron chi connectivity index (χ4n) is 4.82. The molecule has 2 aliphatic heterocycles. The highest BCUT2D eigenvalue weighted by atomic mass is 16.2. The quantitative estimate of drug-likeness (QED) is 0.548. The first kappa shape index (κ1) is 25.0. The number of unbranched alkanes of at least 4 members (excludes halogenated alkanes) is 4. The number of urea groups is 1.